The van der Waals surface area contributed by atoms with Crippen molar-refractivity contribution in [1.29, 1.82) is 0 Å². The van der Waals surface area contributed by atoms with Gasteiger partial charge in [-0.05, 0) is 62.2 Å². The van der Waals surface area contributed by atoms with Gasteiger partial charge in [-0.15, -0.1) is 0 Å². The monoisotopic (exact) mass is 274 g/mol. The predicted octanol–water partition coefficient (Wildman–Crippen LogP) is 2.70. The minimum Gasteiger partial charge on any atom is -0.461 e. The second-order valence-electron chi connectivity index (χ2n) is 7.70. The first-order valence-electron chi connectivity index (χ1n) is 8.30. The largest absolute Gasteiger partial charge is 0.461 e. The molecule has 4 saturated carbocycles. The number of ether oxygens (including phenoxy) is 2. The summed E-state index contributed by atoms with van der Waals surface area (Å²) in [5.74, 6) is 3.15. The number of esters is 1. The van der Waals surface area contributed by atoms with E-state index >= 15 is 0 Å². The van der Waals surface area contributed by atoms with E-state index in [-0.39, 0.29) is 30.2 Å². The first-order valence-corrected chi connectivity index (χ1v) is 8.30. The maximum Gasteiger partial charge on any atom is 0.312 e. The van der Waals surface area contributed by atoms with Gasteiger partial charge in [0, 0.05) is 0 Å². The fourth-order valence-corrected chi connectivity index (χ4v) is 5.79. The standard InChI is InChI=1S/C17H22O3/c18-17(14-8-13-1-2-15(14)19-13)20-16-11-4-9-3-10(6-11)7-12(16)5-9/h1-2,9-16H,3-8H2. The summed E-state index contributed by atoms with van der Waals surface area (Å²) < 4.78 is 11.7. The molecule has 4 aliphatic carbocycles. The van der Waals surface area contributed by atoms with Crippen molar-refractivity contribution in [2.45, 2.75) is 56.8 Å². The zero-order valence-corrected chi connectivity index (χ0v) is 11.7. The average molecular weight is 274 g/mol. The quantitative estimate of drug-likeness (QED) is 0.573. The molecule has 3 nitrogen and oxygen atoms in total. The third-order valence-corrected chi connectivity index (χ3v) is 6.43. The molecule has 0 radical (unpaired) electrons. The van der Waals surface area contributed by atoms with Crippen molar-refractivity contribution in [3.8, 4) is 0 Å². The molecule has 108 valence electrons. The van der Waals surface area contributed by atoms with Gasteiger partial charge >= 0.3 is 5.97 Å². The Bertz CT molecular complexity index is 441. The summed E-state index contributed by atoms with van der Waals surface area (Å²) >= 11 is 0. The first-order chi connectivity index (χ1) is 9.76. The van der Waals surface area contributed by atoms with E-state index in [4.69, 9.17) is 9.47 Å². The second-order valence-corrected chi connectivity index (χ2v) is 7.70. The minimum atomic E-state index is -0.0396. The number of rotatable bonds is 2. The molecular formula is C17H22O3. The van der Waals surface area contributed by atoms with Gasteiger partial charge in [0.1, 0.15) is 6.10 Å². The Morgan fingerprint density at radius 1 is 0.950 bits per heavy atom. The van der Waals surface area contributed by atoms with Crippen LogP contribution in [-0.2, 0) is 14.3 Å². The molecule has 6 bridgehead atoms. The Labute approximate surface area is 119 Å². The summed E-state index contributed by atoms with van der Waals surface area (Å²) in [4.78, 5) is 12.5. The van der Waals surface area contributed by atoms with E-state index < -0.39 is 0 Å². The summed E-state index contributed by atoms with van der Waals surface area (Å²) in [5.41, 5.74) is 0. The lowest BCUT2D eigenvalue weighted by atomic mass is 9.55. The summed E-state index contributed by atoms with van der Waals surface area (Å²) in [6.45, 7) is 0. The highest BCUT2D eigenvalue weighted by Crippen LogP contribution is 2.55. The van der Waals surface area contributed by atoms with Crippen LogP contribution in [0, 0.1) is 29.6 Å². The highest BCUT2D eigenvalue weighted by Gasteiger charge is 2.51. The van der Waals surface area contributed by atoms with Crippen LogP contribution < -0.4 is 0 Å². The van der Waals surface area contributed by atoms with E-state index in [0.29, 0.717) is 11.8 Å². The lowest BCUT2D eigenvalue weighted by molar-refractivity contribution is -0.176. The van der Waals surface area contributed by atoms with Crippen LogP contribution in [0.15, 0.2) is 12.2 Å². The maximum absolute atomic E-state index is 12.5. The molecule has 3 heteroatoms. The van der Waals surface area contributed by atoms with Crippen LogP contribution in [-0.4, -0.2) is 24.3 Å². The Kier molecular flexibility index (Phi) is 2.41. The summed E-state index contributed by atoms with van der Waals surface area (Å²) in [7, 11) is 0. The van der Waals surface area contributed by atoms with Crippen LogP contribution in [0.4, 0.5) is 0 Å². The molecular weight excluding hydrogens is 252 g/mol. The van der Waals surface area contributed by atoms with Crippen molar-refractivity contribution in [1.82, 2.24) is 0 Å². The Hall–Kier alpha value is -0.830. The van der Waals surface area contributed by atoms with Gasteiger partial charge in [0.05, 0.1) is 18.1 Å². The van der Waals surface area contributed by atoms with Crippen molar-refractivity contribution in [2.24, 2.45) is 29.6 Å². The SMILES string of the molecule is O=C(OC1C2CC3CC(C2)CC1C3)C1CC2C=CC1O2. The molecule has 3 unspecified atom stereocenters. The van der Waals surface area contributed by atoms with Crippen LogP contribution in [0.1, 0.15) is 38.5 Å². The predicted molar refractivity (Wildman–Crippen MR) is 72.8 cm³/mol. The zero-order chi connectivity index (χ0) is 13.3. The topological polar surface area (TPSA) is 35.5 Å². The van der Waals surface area contributed by atoms with Crippen LogP contribution in [0.5, 0.6) is 0 Å². The molecule has 1 saturated heterocycles. The zero-order valence-electron chi connectivity index (χ0n) is 11.7. The molecule has 0 amide bonds. The lowest BCUT2D eigenvalue weighted by Crippen LogP contribution is -2.50. The van der Waals surface area contributed by atoms with Crippen molar-refractivity contribution >= 4 is 5.97 Å². The first kappa shape index (κ1) is 11.8. The fraction of sp³-hybridized carbons (Fsp3) is 0.824. The number of hydrogen-bond donors (Lipinski definition) is 0. The van der Waals surface area contributed by atoms with Crippen molar-refractivity contribution < 1.29 is 14.3 Å². The molecule has 0 aromatic heterocycles. The number of hydrogen-bond acceptors (Lipinski definition) is 3. The smallest absolute Gasteiger partial charge is 0.312 e. The molecule has 2 heterocycles. The molecule has 5 fully saturated rings. The van der Waals surface area contributed by atoms with Crippen molar-refractivity contribution in [3.63, 3.8) is 0 Å². The van der Waals surface area contributed by atoms with Crippen LogP contribution in [0.3, 0.4) is 0 Å². The Morgan fingerprint density at radius 3 is 2.20 bits per heavy atom. The molecule has 0 N–H and O–H groups in total. The average Bonchev–Trinajstić information content (AvgIpc) is 3.04. The third-order valence-electron chi connectivity index (χ3n) is 6.43. The third kappa shape index (κ3) is 1.65. The van der Waals surface area contributed by atoms with Gasteiger partial charge in [0.25, 0.3) is 0 Å². The highest BCUT2D eigenvalue weighted by atomic mass is 16.6. The van der Waals surface area contributed by atoms with E-state index in [1.807, 2.05) is 6.08 Å². The fourth-order valence-electron chi connectivity index (χ4n) is 5.79. The van der Waals surface area contributed by atoms with E-state index in [9.17, 15) is 4.79 Å². The normalized spacial score (nSPS) is 54.6. The van der Waals surface area contributed by atoms with E-state index in [1.54, 1.807) is 0 Å². The van der Waals surface area contributed by atoms with E-state index in [1.165, 1.54) is 32.1 Å². The van der Waals surface area contributed by atoms with E-state index in [0.717, 1.165) is 18.3 Å². The van der Waals surface area contributed by atoms with Gasteiger partial charge < -0.3 is 9.47 Å². The maximum atomic E-state index is 12.5. The number of carbonyl (C=O) groups is 1. The summed E-state index contributed by atoms with van der Waals surface area (Å²) in [5, 5.41) is 0. The van der Waals surface area contributed by atoms with Crippen LogP contribution >= 0.6 is 0 Å². The summed E-state index contributed by atoms with van der Waals surface area (Å²) in [6.07, 6.45) is 12.0. The molecule has 20 heavy (non-hydrogen) atoms. The molecule has 0 aromatic carbocycles. The molecule has 3 atom stereocenters. The highest BCUT2D eigenvalue weighted by molar-refractivity contribution is 5.74. The van der Waals surface area contributed by atoms with Crippen LogP contribution in [0.2, 0.25) is 0 Å². The molecule has 6 rings (SSSR count). The van der Waals surface area contributed by atoms with Gasteiger partial charge in [-0.25, -0.2) is 0 Å². The van der Waals surface area contributed by atoms with Crippen molar-refractivity contribution in [3.05, 3.63) is 12.2 Å². The number of carbonyl (C=O) groups excluding carboxylic acids is 1. The minimum absolute atomic E-state index is 0.00988. The summed E-state index contributed by atoms with van der Waals surface area (Å²) in [6, 6.07) is 0. The molecule has 6 aliphatic rings. The van der Waals surface area contributed by atoms with Gasteiger partial charge in [-0.2, -0.15) is 0 Å². The van der Waals surface area contributed by atoms with Gasteiger partial charge in [0.15, 0.2) is 0 Å². The Morgan fingerprint density at radius 2 is 1.65 bits per heavy atom. The lowest BCUT2D eigenvalue weighted by Gasteiger charge is -2.53. The second kappa shape index (κ2) is 4.09. The Balaban J connectivity index is 1.30. The molecule has 0 spiro atoms. The van der Waals surface area contributed by atoms with Gasteiger partial charge in [0.2, 0.25) is 0 Å². The van der Waals surface area contributed by atoms with Gasteiger partial charge in [-0.1, -0.05) is 12.2 Å². The number of fused-ring (bicyclic) bond motifs is 2. The van der Waals surface area contributed by atoms with E-state index in [2.05, 4.69) is 6.08 Å². The van der Waals surface area contributed by atoms with Gasteiger partial charge in [-0.3, -0.25) is 4.79 Å². The molecule has 0 aromatic rings. The molecule has 2 aliphatic heterocycles. The van der Waals surface area contributed by atoms with Crippen LogP contribution in [0.25, 0.3) is 0 Å². The van der Waals surface area contributed by atoms with Crippen molar-refractivity contribution in [2.75, 3.05) is 0 Å².